The molecule has 1 atom stereocenters. The number of hydrogen-bond donors (Lipinski definition) is 1. The summed E-state index contributed by atoms with van der Waals surface area (Å²) in [4.78, 5) is 9.57. The average Bonchev–Trinajstić information content (AvgIpc) is 2.97. The monoisotopic (exact) mass is 306 g/mol. The smallest absolute Gasteiger partial charge is 0.186 e. The molecular formula is C15H22N4OS. The molecule has 2 N–H and O–H groups in total. The molecule has 1 aliphatic rings. The average molecular weight is 306 g/mol. The third-order valence-electron chi connectivity index (χ3n) is 4.13. The van der Waals surface area contributed by atoms with Gasteiger partial charge in [-0.25, -0.2) is 4.98 Å². The Hall–Kier alpha value is -1.37. The van der Waals surface area contributed by atoms with Crippen LogP contribution in [0.3, 0.4) is 0 Å². The summed E-state index contributed by atoms with van der Waals surface area (Å²) in [5, 5.41) is 1.11. The van der Waals surface area contributed by atoms with E-state index in [0.717, 1.165) is 49.1 Å². The number of piperazine rings is 1. The minimum absolute atomic E-state index is 0.465. The normalized spacial score (nSPS) is 18.1. The van der Waals surface area contributed by atoms with E-state index in [1.165, 1.54) is 4.70 Å². The number of methoxy groups -OCH3 is 1. The van der Waals surface area contributed by atoms with Crippen molar-refractivity contribution in [3.63, 3.8) is 0 Å². The van der Waals surface area contributed by atoms with Gasteiger partial charge in [0.2, 0.25) is 0 Å². The van der Waals surface area contributed by atoms with Gasteiger partial charge in [-0.3, -0.25) is 4.90 Å². The molecule has 6 heteroatoms. The molecule has 0 spiro atoms. The van der Waals surface area contributed by atoms with Crippen molar-refractivity contribution in [2.75, 3.05) is 44.7 Å². The zero-order chi connectivity index (χ0) is 14.8. The summed E-state index contributed by atoms with van der Waals surface area (Å²) >= 11 is 1.74. The van der Waals surface area contributed by atoms with Crippen molar-refractivity contribution in [3.05, 3.63) is 18.2 Å². The number of hydrogen-bond acceptors (Lipinski definition) is 6. The van der Waals surface area contributed by atoms with Crippen LogP contribution in [0.4, 0.5) is 5.13 Å². The van der Waals surface area contributed by atoms with Crippen LogP contribution >= 0.6 is 11.3 Å². The van der Waals surface area contributed by atoms with E-state index in [2.05, 4.69) is 22.8 Å². The second-order valence-electron chi connectivity index (χ2n) is 5.44. The van der Waals surface area contributed by atoms with Crippen molar-refractivity contribution in [1.29, 1.82) is 0 Å². The number of thiazole rings is 1. The van der Waals surface area contributed by atoms with Crippen LogP contribution in [0.25, 0.3) is 10.2 Å². The molecule has 1 fully saturated rings. The molecule has 5 nitrogen and oxygen atoms in total. The quantitative estimate of drug-likeness (QED) is 0.933. The molecule has 0 amide bonds. The maximum absolute atomic E-state index is 5.75. The van der Waals surface area contributed by atoms with E-state index in [9.17, 15) is 0 Å². The number of aromatic nitrogens is 1. The Morgan fingerprint density at radius 2 is 2.10 bits per heavy atom. The summed E-state index contributed by atoms with van der Waals surface area (Å²) in [5.74, 6) is 0.888. The van der Waals surface area contributed by atoms with Crippen LogP contribution in [-0.2, 0) is 0 Å². The van der Waals surface area contributed by atoms with Gasteiger partial charge < -0.3 is 15.4 Å². The molecule has 1 saturated heterocycles. The number of ether oxygens (including phenoxy) is 1. The van der Waals surface area contributed by atoms with Crippen LogP contribution in [0.2, 0.25) is 0 Å². The lowest BCUT2D eigenvalue weighted by Crippen LogP contribution is -2.51. The third-order valence-corrected chi connectivity index (χ3v) is 5.21. The van der Waals surface area contributed by atoms with Gasteiger partial charge in [-0.2, -0.15) is 0 Å². The molecule has 0 radical (unpaired) electrons. The summed E-state index contributed by atoms with van der Waals surface area (Å²) in [6.45, 7) is 7.05. The van der Waals surface area contributed by atoms with Crippen LogP contribution in [0.1, 0.15) is 6.92 Å². The number of anilines is 1. The SMILES string of the molecule is COc1ccc2nc(N3CCN(C(C)CN)CC3)sc2c1. The standard InChI is InChI=1S/C15H22N4OS/c1-11(10-16)18-5-7-19(8-6-18)15-17-13-4-3-12(20-2)9-14(13)21-15/h3-4,9,11H,5-8,10,16H2,1-2H3. The Bertz CT molecular complexity index is 607. The zero-order valence-electron chi connectivity index (χ0n) is 12.6. The first-order chi connectivity index (χ1) is 10.2. The molecule has 2 heterocycles. The first-order valence-electron chi connectivity index (χ1n) is 7.35. The molecule has 1 aliphatic heterocycles. The minimum atomic E-state index is 0.465. The first kappa shape index (κ1) is 14.6. The van der Waals surface area contributed by atoms with Gasteiger partial charge in [-0.1, -0.05) is 11.3 Å². The van der Waals surface area contributed by atoms with Crippen molar-refractivity contribution in [2.24, 2.45) is 5.73 Å². The highest BCUT2D eigenvalue weighted by atomic mass is 32.1. The maximum atomic E-state index is 5.75. The Labute approximate surface area is 129 Å². The van der Waals surface area contributed by atoms with Gasteiger partial charge in [0.1, 0.15) is 5.75 Å². The number of benzene rings is 1. The van der Waals surface area contributed by atoms with Crippen LogP contribution in [0, 0.1) is 0 Å². The van der Waals surface area contributed by atoms with Crippen molar-refractivity contribution in [1.82, 2.24) is 9.88 Å². The Balaban J connectivity index is 1.73. The summed E-state index contributed by atoms with van der Waals surface area (Å²) < 4.78 is 6.46. The molecule has 3 rings (SSSR count). The second kappa shape index (κ2) is 6.17. The van der Waals surface area contributed by atoms with Crippen LogP contribution in [0.5, 0.6) is 5.75 Å². The maximum Gasteiger partial charge on any atom is 0.186 e. The largest absolute Gasteiger partial charge is 0.497 e. The molecule has 0 aliphatic carbocycles. The predicted octanol–water partition coefficient (Wildman–Crippen LogP) is 1.77. The third kappa shape index (κ3) is 2.97. The van der Waals surface area contributed by atoms with Gasteiger partial charge in [0, 0.05) is 38.8 Å². The number of nitrogens with two attached hydrogens (primary N) is 1. The molecule has 1 aromatic heterocycles. The zero-order valence-corrected chi connectivity index (χ0v) is 13.4. The lowest BCUT2D eigenvalue weighted by Gasteiger charge is -2.37. The highest BCUT2D eigenvalue weighted by molar-refractivity contribution is 7.22. The molecule has 21 heavy (non-hydrogen) atoms. The summed E-state index contributed by atoms with van der Waals surface area (Å²) in [7, 11) is 1.70. The fraction of sp³-hybridized carbons (Fsp3) is 0.533. The molecular weight excluding hydrogens is 284 g/mol. The number of rotatable bonds is 4. The predicted molar refractivity (Wildman–Crippen MR) is 88.5 cm³/mol. The fourth-order valence-electron chi connectivity index (χ4n) is 2.66. The van der Waals surface area contributed by atoms with Crippen LogP contribution in [-0.4, -0.2) is 55.8 Å². The topological polar surface area (TPSA) is 54.6 Å². The van der Waals surface area contributed by atoms with Crippen molar-refractivity contribution in [3.8, 4) is 5.75 Å². The Morgan fingerprint density at radius 3 is 2.76 bits per heavy atom. The van der Waals surface area contributed by atoms with Gasteiger partial charge >= 0.3 is 0 Å². The van der Waals surface area contributed by atoms with Gasteiger partial charge in [-0.05, 0) is 25.1 Å². The van der Waals surface area contributed by atoms with E-state index in [1.54, 1.807) is 18.4 Å². The van der Waals surface area contributed by atoms with E-state index in [1.807, 2.05) is 12.1 Å². The fourth-order valence-corrected chi connectivity index (χ4v) is 3.70. The van der Waals surface area contributed by atoms with Gasteiger partial charge in [-0.15, -0.1) is 0 Å². The Morgan fingerprint density at radius 1 is 1.33 bits per heavy atom. The highest BCUT2D eigenvalue weighted by Gasteiger charge is 2.22. The minimum Gasteiger partial charge on any atom is -0.497 e. The molecule has 1 aromatic carbocycles. The molecule has 114 valence electrons. The molecule has 0 bridgehead atoms. The molecule has 1 unspecified atom stereocenters. The lowest BCUT2D eigenvalue weighted by molar-refractivity contribution is 0.201. The van der Waals surface area contributed by atoms with Crippen molar-refractivity contribution in [2.45, 2.75) is 13.0 Å². The Kier molecular flexibility index (Phi) is 4.28. The van der Waals surface area contributed by atoms with E-state index in [-0.39, 0.29) is 0 Å². The first-order valence-corrected chi connectivity index (χ1v) is 8.16. The van der Waals surface area contributed by atoms with E-state index >= 15 is 0 Å². The van der Waals surface area contributed by atoms with Crippen molar-refractivity contribution >= 4 is 26.7 Å². The van der Waals surface area contributed by atoms with E-state index in [0.29, 0.717) is 6.04 Å². The van der Waals surface area contributed by atoms with Gasteiger partial charge in [0.25, 0.3) is 0 Å². The van der Waals surface area contributed by atoms with Gasteiger partial charge in [0.15, 0.2) is 5.13 Å². The summed E-state index contributed by atoms with van der Waals surface area (Å²) in [6, 6.07) is 6.52. The highest BCUT2D eigenvalue weighted by Crippen LogP contribution is 2.31. The van der Waals surface area contributed by atoms with Gasteiger partial charge in [0.05, 0.1) is 17.3 Å². The van der Waals surface area contributed by atoms with E-state index < -0.39 is 0 Å². The van der Waals surface area contributed by atoms with E-state index in [4.69, 9.17) is 15.5 Å². The molecule has 2 aromatic rings. The van der Waals surface area contributed by atoms with Crippen molar-refractivity contribution < 1.29 is 4.74 Å². The number of nitrogens with zero attached hydrogens (tertiary/aromatic N) is 3. The lowest BCUT2D eigenvalue weighted by atomic mass is 10.2. The summed E-state index contributed by atoms with van der Waals surface area (Å²) in [5.41, 5.74) is 6.80. The molecule has 0 saturated carbocycles. The number of fused-ring (bicyclic) bond motifs is 1. The second-order valence-corrected chi connectivity index (χ2v) is 6.45. The van der Waals surface area contributed by atoms with Crippen LogP contribution < -0.4 is 15.4 Å². The van der Waals surface area contributed by atoms with Crippen LogP contribution in [0.15, 0.2) is 18.2 Å². The summed E-state index contributed by atoms with van der Waals surface area (Å²) in [6.07, 6.45) is 0.